The number of methoxy groups -OCH3 is 1. The third-order valence-electron chi connectivity index (χ3n) is 4.21. The lowest BCUT2D eigenvalue weighted by Crippen LogP contribution is -2.41. The SMILES string of the molecule is COCC1CC(Cn2ccnc2)(c2ccc(Cl)cc2)N(C)O1. The molecular weight excluding hydrogens is 302 g/mol. The molecule has 5 nitrogen and oxygen atoms in total. The van der Waals surface area contributed by atoms with Gasteiger partial charge in [0.2, 0.25) is 0 Å². The molecule has 1 saturated heterocycles. The molecule has 2 heterocycles. The van der Waals surface area contributed by atoms with Gasteiger partial charge in [0.05, 0.1) is 18.5 Å². The van der Waals surface area contributed by atoms with Crippen LogP contribution in [0.25, 0.3) is 0 Å². The van der Waals surface area contributed by atoms with Crippen molar-refractivity contribution in [3.05, 3.63) is 53.6 Å². The highest BCUT2D eigenvalue weighted by atomic mass is 35.5. The normalized spacial score (nSPS) is 25.7. The van der Waals surface area contributed by atoms with Gasteiger partial charge in [0, 0.05) is 44.5 Å². The lowest BCUT2D eigenvalue weighted by atomic mass is 9.85. The van der Waals surface area contributed by atoms with E-state index in [1.807, 2.05) is 36.8 Å². The Morgan fingerprint density at radius 2 is 2.18 bits per heavy atom. The molecule has 0 radical (unpaired) electrons. The molecule has 0 amide bonds. The van der Waals surface area contributed by atoms with Gasteiger partial charge < -0.3 is 9.30 Å². The third kappa shape index (κ3) is 2.90. The maximum atomic E-state index is 6.04. The first kappa shape index (κ1) is 15.5. The van der Waals surface area contributed by atoms with E-state index in [9.17, 15) is 0 Å². The second-order valence-electron chi connectivity index (χ2n) is 5.66. The molecule has 0 bridgehead atoms. The third-order valence-corrected chi connectivity index (χ3v) is 4.46. The van der Waals surface area contributed by atoms with Crippen molar-refractivity contribution in [2.45, 2.75) is 24.6 Å². The number of nitrogens with zero attached hydrogens (tertiary/aromatic N) is 3. The van der Waals surface area contributed by atoms with Crippen LogP contribution < -0.4 is 0 Å². The molecule has 2 atom stereocenters. The summed E-state index contributed by atoms with van der Waals surface area (Å²) >= 11 is 6.04. The van der Waals surface area contributed by atoms with Gasteiger partial charge in [0.15, 0.2) is 0 Å². The van der Waals surface area contributed by atoms with E-state index >= 15 is 0 Å². The minimum absolute atomic E-state index is 0.0363. The van der Waals surface area contributed by atoms with E-state index in [1.165, 1.54) is 5.56 Å². The van der Waals surface area contributed by atoms with Gasteiger partial charge >= 0.3 is 0 Å². The highest BCUT2D eigenvalue weighted by Gasteiger charge is 2.46. The van der Waals surface area contributed by atoms with Gasteiger partial charge in [0.25, 0.3) is 0 Å². The van der Waals surface area contributed by atoms with Crippen LogP contribution in [0.2, 0.25) is 5.02 Å². The zero-order valence-corrected chi connectivity index (χ0v) is 13.5. The van der Waals surface area contributed by atoms with Crippen molar-refractivity contribution in [3.63, 3.8) is 0 Å². The molecule has 22 heavy (non-hydrogen) atoms. The van der Waals surface area contributed by atoms with Crippen molar-refractivity contribution >= 4 is 11.6 Å². The zero-order valence-electron chi connectivity index (χ0n) is 12.8. The molecule has 2 unspecified atom stereocenters. The topological polar surface area (TPSA) is 39.5 Å². The highest BCUT2D eigenvalue weighted by Crippen LogP contribution is 2.41. The predicted octanol–water partition coefficient (Wildman–Crippen LogP) is 2.71. The van der Waals surface area contributed by atoms with Crippen molar-refractivity contribution in [3.8, 4) is 0 Å². The van der Waals surface area contributed by atoms with Gasteiger partial charge in [-0.15, -0.1) is 0 Å². The molecule has 0 aliphatic carbocycles. The number of imidazole rings is 1. The lowest BCUT2D eigenvalue weighted by molar-refractivity contribution is -0.182. The van der Waals surface area contributed by atoms with Gasteiger partial charge in [0.1, 0.15) is 6.10 Å². The Morgan fingerprint density at radius 3 is 2.82 bits per heavy atom. The maximum absolute atomic E-state index is 6.04. The minimum Gasteiger partial charge on any atom is -0.382 e. The fourth-order valence-electron chi connectivity index (χ4n) is 3.14. The number of hydroxylamine groups is 2. The van der Waals surface area contributed by atoms with Crippen LogP contribution >= 0.6 is 11.6 Å². The largest absolute Gasteiger partial charge is 0.382 e. The summed E-state index contributed by atoms with van der Waals surface area (Å²) < 4.78 is 7.34. The number of rotatable bonds is 5. The van der Waals surface area contributed by atoms with Gasteiger partial charge in [-0.05, 0) is 17.7 Å². The number of ether oxygens (including phenoxy) is 1. The smallest absolute Gasteiger partial charge is 0.105 e. The summed E-state index contributed by atoms with van der Waals surface area (Å²) in [4.78, 5) is 10.1. The molecule has 1 aliphatic heterocycles. The highest BCUT2D eigenvalue weighted by molar-refractivity contribution is 6.30. The summed E-state index contributed by atoms with van der Waals surface area (Å²) in [5.74, 6) is 0. The first-order valence-electron chi connectivity index (χ1n) is 7.25. The number of halogens is 1. The van der Waals surface area contributed by atoms with E-state index in [2.05, 4.69) is 21.7 Å². The van der Waals surface area contributed by atoms with Crippen LogP contribution in [0.1, 0.15) is 12.0 Å². The van der Waals surface area contributed by atoms with E-state index in [1.54, 1.807) is 13.3 Å². The Labute approximate surface area is 135 Å². The molecule has 0 N–H and O–H groups in total. The Hall–Kier alpha value is -1.40. The number of hydrogen-bond donors (Lipinski definition) is 0. The molecule has 3 rings (SSSR count). The molecular formula is C16H20ClN3O2. The van der Waals surface area contributed by atoms with Crippen LogP contribution in [-0.4, -0.2) is 41.5 Å². The molecule has 0 spiro atoms. The van der Waals surface area contributed by atoms with E-state index in [-0.39, 0.29) is 11.6 Å². The average Bonchev–Trinajstić information content (AvgIpc) is 3.10. The second-order valence-corrected chi connectivity index (χ2v) is 6.09. The number of benzene rings is 1. The summed E-state index contributed by atoms with van der Waals surface area (Å²) in [7, 11) is 3.67. The zero-order chi connectivity index (χ0) is 15.6. The Bertz CT molecular complexity index is 602. The number of hydrogen-bond acceptors (Lipinski definition) is 4. The minimum atomic E-state index is -0.269. The Morgan fingerprint density at radius 1 is 1.41 bits per heavy atom. The number of likely N-dealkylation sites (N-methyl/N-ethyl adjacent to an activating group) is 1. The summed E-state index contributed by atoms with van der Waals surface area (Å²) in [5, 5.41) is 2.68. The van der Waals surface area contributed by atoms with Crippen LogP contribution in [0.15, 0.2) is 43.0 Å². The van der Waals surface area contributed by atoms with Gasteiger partial charge in [-0.25, -0.2) is 4.98 Å². The van der Waals surface area contributed by atoms with Gasteiger partial charge in [-0.2, -0.15) is 5.06 Å². The van der Waals surface area contributed by atoms with E-state index in [0.717, 1.165) is 18.0 Å². The summed E-state index contributed by atoms with van der Waals surface area (Å²) in [6.45, 7) is 1.33. The Balaban J connectivity index is 1.96. The summed E-state index contributed by atoms with van der Waals surface area (Å²) in [6, 6.07) is 7.97. The lowest BCUT2D eigenvalue weighted by Gasteiger charge is -2.35. The van der Waals surface area contributed by atoms with Crippen LogP contribution in [0.5, 0.6) is 0 Å². The molecule has 1 aliphatic rings. The Kier molecular flexibility index (Phi) is 4.49. The molecule has 1 aromatic heterocycles. The first-order valence-corrected chi connectivity index (χ1v) is 7.63. The van der Waals surface area contributed by atoms with Gasteiger partial charge in [-0.3, -0.25) is 4.84 Å². The van der Waals surface area contributed by atoms with E-state index < -0.39 is 0 Å². The molecule has 2 aromatic rings. The molecule has 118 valence electrons. The van der Waals surface area contributed by atoms with Crippen molar-refractivity contribution in [2.75, 3.05) is 20.8 Å². The fourth-order valence-corrected chi connectivity index (χ4v) is 3.27. The van der Waals surface area contributed by atoms with Crippen LogP contribution in [-0.2, 0) is 21.7 Å². The number of aromatic nitrogens is 2. The van der Waals surface area contributed by atoms with Crippen LogP contribution in [0.3, 0.4) is 0 Å². The van der Waals surface area contributed by atoms with Crippen LogP contribution in [0, 0.1) is 0 Å². The second kappa shape index (κ2) is 6.38. The predicted molar refractivity (Wildman–Crippen MR) is 84.5 cm³/mol. The maximum Gasteiger partial charge on any atom is 0.105 e. The van der Waals surface area contributed by atoms with E-state index in [4.69, 9.17) is 21.2 Å². The summed E-state index contributed by atoms with van der Waals surface area (Å²) in [5.41, 5.74) is 0.904. The van der Waals surface area contributed by atoms with E-state index in [0.29, 0.717) is 6.61 Å². The molecule has 1 aromatic carbocycles. The molecule has 0 saturated carbocycles. The van der Waals surface area contributed by atoms with Crippen molar-refractivity contribution in [1.29, 1.82) is 0 Å². The van der Waals surface area contributed by atoms with Crippen LogP contribution in [0.4, 0.5) is 0 Å². The fraction of sp³-hybridized carbons (Fsp3) is 0.438. The molecule has 6 heteroatoms. The first-order chi connectivity index (χ1) is 10.6. The molecule has 1 fully saturated rings. The van der Waals surface area contributed by atoms with Crippen molar-refractivity contribution in [2.24, 2.45) is 0 Å². The quantitative estimate of drug-likeness (QED) is 0.849. The van der Waals surface area contributed by atoms with Crippen molar-refractivity contribution < 1.29 is 9.57 Å². The van der Waals surface area contributed by atoms with Gasteiger partial charge in [-0.1, -0.05) is 23.7 Å². The van der Waals surface area contributed by atoms with Crippen molar-refractivity contribution in [1.82, 2.24) is 14.6 Å². The average molecular weight is 322 g/mol. The monoisotopic (exact) mass is 321 g/mol. The standard InChI is InChI=1S/C16H20ClN3O2/c1-19-16(9-15(22-19)10-21-2,11-20-8-7-18-12-20)13-3-5-14(17)6-4-13/h3-8,12,15H,9-11H2,1-2H3. The summed E-state index contributed by atoms with van der Waals surface area (Å²) in [6.07, 6.45) is 6.47.